The lowest BCUT2D eigenvalue weighted by atomic mass is 9.88. The standard InChI is InChI=1S/C21H22N2O7S/c1-3-29-21(26)18-15-8-7-12(2)9-16(15)31-19(18)22-17(24)11-30-20(25)13-5-4-6-14(10-13)23(27)28/h4-6,10,12H,3,7-9,11H2,1-2H3,(H,22,24). The molecule has 0 radical (unpaired) electrons. The molecule has 2 aromatic rings. The topological polar surface area (TPSA) is 125 Å². The number of nitro groups is 1. The predicted octanol–water partition coefficient (Wildman–Crippen LogP) is 3.75. The molecule has 0 spiro atoms. The van der Waals surface area contributed by atoms with Crippen molar-refractivity contribution in [1.82, 2.24) is 0 Å². The van der Waals surface area contributed by atoms with E-state index in [4.69, 9.17) is 9.47 Å². The average Bonchev–Trinajstić information content (AvgIpc) is 3.08. The minimum Gasteiger partial charge on any atom is -0.462 e. The van der Waals surface area contributed by atoms with Crippen LogP contribution in [0.1, 0.15) is 51.4 Å². The van der Waals surface area contributed by atoms with Crippen molar-refractivity contribution in [2.45, 2.75) is 33.1 Å². The first-order chi connectivity index (χ1) is 14.8. The molecular weight excluding hydrogens is 424 g/mol. The van der Waals surface area contributed by atoms with Gasteiger partial charge in [-0.05, 0) is 43.7 Å². The van der Waals surface area contributed by atoms with E-state index < -0.39 is 29.4 Å². The summed E-state index contributed by atoms with van der Waals surface area (Å²) in [5, 5.41) is 13.9. The Morgan fingerprint density at radius 2 is 2.03 bits per heavy atom. The van der Waals surface area contributed by atoms with Crippen LogP contribution in [-0.2, 0) is 27.1 Å². The number of benzene rings is 1. The second-order valence-electron chi connectivity index (χ2n) is 7.21. The second-order valence-corrected chi connectivity index (χ2v) is 8.31. The summed E-state index contributed by atoms with van der Waals surface area (Å²) in [6.07, 6.45) is 2.51. The molecule has 3 rings (SSSR count). The van der Waals surface area contributed by atoms with Gasteiger partial charge in [0.25, 0.3) is 11.6 Å². The van der Waals surface area contributed by atoms with E-state index >= 15 is 0 Å². The number of ether oxygens (including phenoxy) is 2. The third-order valence-electron chi connectivity index (χ3n) is 4.87. The summed E-state index contributed by atoms with van der Waals surface area (Å²) in [5.74, 6) is -1.47. The number of nitrogens with one attached hydrogen (secondary N) is 1. The van der Waals surface area contributed by atoms with Crippen LogP contribution in [-0.4, -0.2) is 36.0 Å². The van der Waals surface area contributed by atoms with E-state index in [2.05, 4.69) is 12.2 Å². The van der Waals surface area contributed by atoms with Gasteiger partial charge in [-0.1, -0.05) is 13.0 Å². The number of rotatable bonds is 7. The summed E-state index contributed by atoms with van der Waals surface area (Å²) in [6, 6.07) is 5.05. The molecule has 1 aliphatic carbocycles. The number of hydrogen-bond acceptors (Lipinski definition) is 8. The lowest BCUT2D eigenvalue weighted by molar-refractivity contribution is -0.384. The molecule has 31 heavy (non-hydrogen) atoms. The number of thiophene rings is 1. The summed E-state index contributed by atoms with van der Waals surface area (Å²) in [5.41, 5.74) is 0.990. The fraction of sp³-hybridized carbons (Fsp3) is 0.381. The highest BCUT2D eigenvalue weighted by Gasteiger charge is 2.29. The molecule has 10 heteroatoms. The van der Waals surface area contributed by atoms with E-state index in [1.54, 1.807) is 6.92 Å². The fourth-order valence-electron chi connectivity index (χ4n) is 3.38. The third kappa shape index (κ3) is 5.26. The zero-order chi connectivity index (χ0) is 22.5. The molecule has 1 aliphatic rings. The summed E-state index contributed by atoms with van der Waals surface area (Å²) in [7, 11) is 0. The third-order valence-corrected chi connectivity index (χ3v) is 6.04. The monoisotopic (exact) mass is 446 g/mol. The molecule has 1 heterocycles. The van der Waals surface area contributed by atoms with E-state index in [1.165, 1.54) is 29.5 Å². The van der Waals surface area contributed by atoms with Gasteiger partial charge in [0, 0.05) is 17.0 Å². The molecule has 1 N–H and O–H groups in total. The van der Waals surface area contributed by atoms with Gasteiger partial charge in [0.1, 0.15) is 5.00 Å². The SMILES string of the molecule is CCOC(=O)c1c(NC(=O)COC(=O)c2cccc([N+](=O)[O-])c2)sc2c1CCC(C)C2. The highest BCUT2D eigenvalue weighted by molar-refractivity contribution is 7.17. The van der Waals surface area contributed by atoms with Crippen LogP contribution in [0.4, 0.5) is 10.7 Å². The number of non-ortho nitro benzene ring substituents is 1. The number of fused-ring (bicyclic) bond motifs is 1. The fourth-order valence-corrected chi connectivity index (χ4v) is 4.80. The first kappa shape index (κ1) is 22.4. The van der Waals surface area contributed by atoms with Gasteiger partial charge in [-0.25, -0.2) is 9.59 Å². The number of nitrogens with zero attached hydrogens (tertiary/aromatic N) is 1. The number of carbonyl (C=O) groups is 3. The van der Waals surface area contributed by atoms with Crippen molar-refractivity contribution in [2.24, 2.45) is 5.92 Å². The number of hydrogen-bond donors (Lipinski definition) is 1. The molecule has 1 amide bonds. The van der Waals surface area contributed by atoms with Gasteiger partial charge in [0.05, 0.1) is 22.7 Å². The predicted molar refractivity (Wildman–Crippen MR) is 113 cm³/mol. The molecule has 1 atom stereocenters. The Kier molecular flexibility index (Phi) is 7.01. The molecule has 0 saturated heterocycles. The number of carbonyl (C=O) groups excluding carboxylic acids is 3. The average molecular weight is 446 g/mol. The van der Waals surface area contributed by atoms with Gasteiger partial charge in [-0.3, -0.25) is 14.9 Å². The van der Waals surface area contributed by atoms with Crippen LogP contribution in [0.5, 0.6) is 0 Å². The highest BCUT2D eigenvalue weighted by atomic mass is 32.1. The quantitative estimate of drug-likeness (QED) is 0.390. The van der Waals surface area contributed by atoms with Crippen molar-refractivity contribution < 1.29 is 28.8 Å². The number of esters is 2. The minimum atomic E-state index is -0.858. The Labute approximate surface area is 182 Å². The molecule has 1 unspecified atom stereocenters. The van der Waals surface area contributed by atoms with Crippen LogP contribution in [0.25, 0.3) is 0 Å². The van der Waals surface area contributed by atoms with Gasteiger partial charge in [0.15, 0.2) is 6.61 Å². The maximum atomic E-state index is 12.5. The van der Waals surface area contributed by atoms with Crippen LogP contribution in [0.2, 0.25) is 0 Å². The smallest absolute Gasteiger partial charge is 0.341 e. The van der Waals surface area contributed by atoms with Gasteiger partial charge in [-0.15, -0.1) is 11.3 Å². The summed E-state index contributed by atoms with van der Waals surface area (Å²) >= 11 is 1.34. The zero-order valence-electron chi connectivity index (χ0n) is 17.1. The summed E-state index contributed by atoms with van der Waals surface area (Å²) in [6.45, 7) is 3.47. The summed E-state index contributed by atoms with van der Waals surface area (Å²) in [4.78, 5) is 48.3. The van der Waals surface area contributed by atoms with Gasteiger partial charge >= 0.3 is 11.9 Å². The van der Waals surface area contributed by atoms with E-state index in [0.29, 0.717) is 16.5 Å². The maximum absolute atomic E-state index is 12.5. The lowest BCUT2D eigenvalue weighted by Gasteiger charge is -2.18. The highest BCUT2D eigenvalue weighted by Crippen LogP contribution is 2.40. The molecule has 0 fully saturated rings. The molecule has 164 valence electrons. The van der Waals surface area contributed by atoms with Gasteiger partial charge in [-0.2, -0.15) is 0 Å². The largest absolute Gasteiger partial charge is 0.462 e. The Hall–Kier alpha value is -3.27. The normalized spacial score (nSPS) is 15.0. The molecule has 0 bridgehead atoms. The molecule has 0 saturated carbocycles. The Morgan fingerprint density at radius 1 is 1.26 bits per heavy atom. The molecule has 1 aromatic heterocycles. The van der Waals surface area contributed by atoms with E-state index in [0.717, 1.165) is 35.8 Å². The van der Waals surface area contributed by atoms with Crippen molar-refractivity contribution in [3.63, 3.8) is 0 Å². The second kappa shape index (κ2) is 9.69. The van der Waals surface area contributed by atoms with Crippen molar-refractivity contribution in [3.8, 4) is 0 Å². The molecule has 9 nitrogen and oxygen atoms in total. The van der Waals surface area contributed by atoms with Gasteiger partial charge in [0.2, 0.25) is 0 Å². The number of nitro benzene ring substituents is 1. The van der Waals surface area contributed by atoms with E-state index in [1.807, 2.05) is 0 Å². The molecule has 1 aromatic carbocycles. The maximum Gasteiger partial charge on any atom is 0.341 e. The van der Waals surface area contributed by atoms with E-state index in [-0.39, 0.29) is 17.9 Å². The van der Waals surface area contributed by atoms with Crippen molar-refractivity contribution in [1.29, 1.82) is 0 Å². The van der Waals surface area contributed by atoms with Crippen molar-refractivity contribution in [2.75, 3.05) is 18.5 Å². The van der Waals surface area contributed by atoms with Crippen LogP contribution in [0, 0.1) is 16.0 Å². The van der Waals surface area contributed by atoms with Crippen LogP contribution in [0.3, 0.4) is 0 Å². The van der Waals surface area contributed by atoms with Crippen LogP contribution >= 0.6 is 11.3 Å². The van der Waals surface area contributed by atoms with Crippen molar-refractivity contribution in [3.05, 3.63) is 55.9 Å². The van der Waals surface area contributed by atoms with Gasteiger partial charge < -0.3 is 14.8 Å². The molecule has 0 aliphatic heterocycles. The zero-order valence-corrected chi connectivity index (χ0v) is 18.0. The van der Waals surface area contributed by atoms with Crippen molar-refractivity contribution >= 4 is 39.9 Å². The van der Waals surface area contributed by atoms with Crippen LogP contribution < -0.4 is 5.32 Å². The Balaban J connectivity index is 1.70. The Morgan fingerprint density at radius 3 is 2.74 bits per heavy atom. The lowest BCUT2D eigenvalue weighted by Crippen LogP contribution is -2.22. The van der Waals surface area contributed by atoms with Crippen LogP contribution in [0.15, 0.2) is 24.3 Å². The summed E-state index contributed by atoms with van der Waals surface area (Å²) < 4.78 is 10.1. The van der Waals surface area contributed by atoms with E-state index in [9.17, 15) is 24.5 Å². The first-order valence-corrected chi connectivity index (χ1v) is 10.6. The first-order valence-electron chi connectivity index (χ1n) is 9.83. The Bertz CT molecular complexity index is 1030. The molecular formula is C21H22N2O7S. The minimum absolute atomic E-state index is 0.0326. The number of anilines is 1. The number of amides is 1.